The molecule has 0 heteroatoms. The minimum absolute atomic E-state index is 0.952. The molecular formula is C13H22. The van der Waals surface area contributed by atoms with E-state index >= 15 is 0 Å². The summed E-state index contributed by atoms with van der Waals surface area (Å²) in [5.41, 5.74) is 3.56. The van der Waals surface area contributed by atoms with Crippen LogP contribution in [-0.2, 0) is 0 Å². The average Bonchev–Trinajstić information content (AvgIpc) is 2.37. The zero-order chi connectivity index (χ0) is 9.26. The van der Waals surface area contributed by atoms with Crippen LogP contribution in [0.5, 0.6) is 0 Å². The van der Waals surface area contributed by atoms with Gasteiger partial charge >= 0.3 is 0 Å². The second kappa shape index (κ2) is 3.86. The van der Waals surface area contributed by atoms with Crippen LogP contribution in [0.25, 0.3) is 0 Å². The highest BCUT2D eigenvalue weighted by molar-refractivity contribution is 5.16. The molecule has 1 fully saturated rings. The fraction of sp³-hybridized carbons (Fsp3) is 0.846. The first-order valence-corrected chi connectivity index (χ1v) is 5.93. The van der Waals surface area contributed by atoms with Gasteiger partial charge in [-0.2, -0.15) is 0 Å². The van der Waals surface area contributed by atoms with Crippen LogP contribution in [0.3, 0.4) is 0 Å². The predicted molar refractivity (Wildman–Crippen MR) is 57.7 cm³/mol. The van der Waals surface area contributed by atoms with E-state index in [1.54, 1.807) is 5.57 Å². The Morgan fingerprint density at radius 3 is 2.77 bits per heavy atom. The van der Waals surface area contributed by atoms with Gasteiger partial charge in [-0.1, -0.05) is 24.5 Å². The van der Waals surface area contributed by atoms with Crippen LogP contribution >= 0.6 is 0 Å². The van der Waals surface area contributed by atoms with Gasteiger partial charge in [0.15, 0.2) is 0 Å². The van der Waals surface area contributed by atoms with Crippen LogP contribution in [-0.4, -0.2) is 0 Å². The molecule has 0 aromatic rings. The van der Waals surface area contributed by atoms with E-state index in [-0.39, 0.29) is 0 Å². The molecule has 0 heterocycles. The monoisotopic (exact) mass is 178 g/mol. The quantitative estimate of drug-likeness (QED) is 0.485. The minimum Gasteiger partial charge on any atom is -0.0741 e. The molecule has 0 nitrogen and oxygen atoms in total. The number of fused-ring (bicyclic) bond motifs is 2. The zero-order valence-corrected chi connectivity index (χ0v) is 9.10. The maximum absolute atomic E-state index is 2.43. The third kappa shape index (κ3) is 2.15. The van der Waals surface area contributed by atoms with E-state index in [1.165, 1.54) is 44.9 Å². The Labute approximate surface area is 82.4 Å². The smallest absolute Gasteiger partial charge is 0.0289 e. The standard InChI is InChI=1S/C13H22/c1-10-6-7-12-5-3-4-11(2)13(8-10)9-12/h10,12H,3-9H2,1-2H3. The first kappa shape index (κ1) is 9.30. The molecule has 13 heavy (non-hydrogen) atoms. The molecule has 1 saturated carbocycles. The first-order valence-electron chi connectivity index (χ1n) is 5.93. The van der Waals surface area contributed by atoms with Gasteiger partial charge in [-0.25, -0.2) is 0 Å². The van der Waals surface area contributed by atoms with E-state index in [9.17, 15) is 0 Å². The SMILES string of the molecule is CC1=C2CC(C)CCC(CCC1)C2. The van der Waals surface area contributed by atoms with E-state index in [0.717, 1.165) is 11.8 Å². The lowest BCUT2D eigenvalue weighted by Crippen LogP contribution is -1.97. The summed E-state index contributed by atoms with van der Waals surface area (Å²) in [7, 11) is 0. The van der Waals surface area contributed by atoms with E-state index < -0.39 is 0 Å². The Bertz CT molecular complexity index is 212. The Morgan fingerprint density at radius 2 is 1.92 bits per heavy atom. The topological polar surface area (TPSA) is 0 Å². The summed E-state index contributed by atoms with van der Waals surface area (Å²) in [5.74, 6) is 1.99. The average molecular weight is 178 g/mol. The highest BCUT2D eigenvalue weighted by Gasteiger charge is 2.22. The van der Waals surface area contributed by atoms with Crippen LogP contribution in [0.4, 0.5) is 0 Å². The van der Waals surface area contributed by atoms with Crippen LogP contribution < -0.4 is 0 Å². The minimum atomic E-state index is 0.952. The molecule has 2 bridgehead atoms. The Hall–Kier alpha value is -0.260. The van der Waals surface area contributed by atoms with Crippen LogP contribution in [0.1, 0.15) is 58.8 Å². The lowest BCUT2D eigenvalue weighted by molar-refractivity contribution is 0.418. The van der Waals surface area contributed by atoms with E-state index in [0.29, 0.717) is 0 Å². The Morgan fingerprint density at radius 1 is 1.08 bits per heavy atom. The van der Waals surface area contributed by atoms with Crippen molar-refractivity contribution in [3.05, 3.63) is 11.1 Å². The van der Waals surface area contributed by atoms with Crippen molar-refractivity contribution in [1.82, 2.24) is 0 Å². The maximum Gasteiger partial charge on any atom is -0.0289 e. The van der Waals surface area contributed by atoms with Crippen molar-refractivity contribution in [2.75, 3.05) is 0 Å². The molecule has 2 unspecified atom stereocenters. The number of allylic oxidation sites excluding steroid dienone is 2. The first-order chi connectivity index (χ1) is 6.25. The molecule has 0 radical (unpaired) electrons. The zero-order valence-electron chi connectivity index (χ0n) is 9.10. The van der Waals surface area contributed by atoms with Crippen molar-refractivity contribution in [3.8, 4) is 0 Å². The predicted octanol–water partition coefficient (Wildman–Crippen LogP) is 4.31. The fourth-order valence-corrected chi connectivity index (χ4v) is 3.00. The normalized spacial score (nSPS) is 35.5. The Balaban J connectivity index is 2.19. The van der Waals surface area contributed by atoms with E-state index in [1.807, 2.05) is 5.57 Å². The van der Waals surface area contributed by atoms with Gasteiger partial charge in [0.2, 0.25) is 0 Å². The van der Waals surface area contributed by atoms with Gasteiger partial charge in [-0.15, -0.1) is 0 Å². The van der Waals surface area contributed by atoms with Crippen LogP contribution in [0, 0.1) is 11.8 Å². The molecular weight excluding hydrogens is 156 g/mol. The summed E-state index contributed by atoms with van der Waals surface area (Å²) in [6.07, 6.45) is 10.2. The van der Waals surface area contributed by atoms with Crippen molar-refractivity contribution >= 4 is 0 Å². The van der Waals surface area contributed by atoms with E-state index in [4.69, 9.17) is 0 Å². The molecule has 0 aliphatic heterocycles. The lowest BCUT2D eigenvalue weighted by atomic mass is 9.95. The second-order valence-corrected chi connectivity index (χ2v) is 5.23. The third-order valence-electron chi connectivity index (χ3n) is 3.97. The van der Waals surface area contributed by atoms with Crippen molar-refractivity contribution in [1.29, 1.82) is 0 Å². The Kier molecular flexibility index (Phi) is 2.76. The molecule has 0 aromatic carbocycles. The lowest BCUT2D eigenvalue weighted by Gasteiger charge is -2.11. The van der Waals surface area contributed by atoms with Gasteiger partial charge in [0.1, 0.15) is 0 Å². The van der Waals surface area contributed by atoms with Crippen molar-refractivity contribution in [2.24, 2.45) is 11.8 Å². The van der Waals surface area contributed by atoms with Crippen LogP contribution in [0.15, 0.2) is 11.1 Å². The highest BCUT2D eigenvalue weighted by Crippen LogP contribution is 2.38. The van der Waals surface area contributed by atoms with Gasteiger partial charge < -0.3 is 0 Å². The summed E-state index contributed by atoms with van der Waals surface area (Å²) in [6, 6.07) is 0. The van der Waals surface area contributed by atoms with Crippen molar-refractivity contribution in [3.63, 3.8) is 0 Å². The summed E-state index contributed by atoms with van der Waals surface area (Å²) in [5, 5.41) is 0. The fourth-order valence-electron chi connectivity index (χ4n) is 3.00. The highest BCUT2D eigenvalue weighted by atomic mass is 14.3. The van der Waals surface area contributed by atoms with Gasteiger partial charge in [0.25, 0.3) is 0 Å². The summed E-state index contributed by atoms with van der Waals surface area (Å²) >= 11 is 0. The van der Waals surface area contributed by atoms with Gasteiger partial charge in [-0.3, -0.25) is 0 Å². The molecule has 2 aliphatic rings. The summed E-state index contributed by atoms with van der Waals surface area (Å²) in [4.78, 5) is 0. The molecule has 74 valence electrons. The van der Waals surface area contributed by atoms with Gasteiger partial charge in [0, 0.05) is 0 Å². The third-order valence-corrected chi connectivity index (χ3v) is 3.97. The maximum atomic E-state index is 2.43. The number of rotatable bonds is 0. The van der Waals surface area contributed by atoms with Gasteiger partial charge in [-0.05, 0) is 57.3 Å². The second-order valence-electron chi connectivity index (χ2n) is 5.23. The number of hydrogen-bond donors (Lipinski definition) is 0. The molecule has 0 N–H and O–H groups in total. The van der Waals surface area contributed by atoms with Crippen LogP contribution in [0.2, 0.25) is 0 Å². The van der Waals surface area contributed by atoms with Crippen molar-refractivity contribution in [2.45, 2.75) is 58.8 Å². The molecule has 2 aliphatic carbocycles. The summed E-state index contributed by atoms with van der Waals surface area (Å²) < 4.78 is 0. The molecule has 0 saturated heterocycles. The molecule has 2 rings (SSSR count). The molecule has 0 spiro atoms. The summed E-state index contributed by atoms with van der Waals surface area (Å²) in [6.45, 7) is 4.80. The molecule has 0 aromatic heterocycles. The van der Waals surface area contributed by atoms with Crippen molar-refractivity contribution < 1.29 is 0 Å². The molecule has 0 amide bonds. The van der Waals surface area contributed by atoms with E-state index in [2.05, 4.69) is 13.8 Å². The van der Waals surface area contributed by atoms with Gasteiger partial charge in [0.05, 0.1) is 0 Å². The largest absolute Gasteiger partial charge is 0.0741 e. The molecule has 2 atom stereocenters. The number of hydrogen-bond acceptors (Lipinski definition) is 0.